The zero-order valence-electron chi connectivity index (χ0n) is 15.5. The summed E-state index contributed by atoms with van der Waals surface area (Å²) in [6.07, 6.45) is 0.832. The largest absolute Gasteiger partial charge is 0.456 e. The molecule has 1 N–H and O–H groups in total. The van der Waals surface area contributed by atoms with Gasteiger partial charge in [0.1, 0.15) is 5.60 Å². The van der Waals surface area contributed by atoms with Gasteiger partial charge in [0, 0.05) is 25.2 Å². The second-order valence-corrected chi connectivity index (χ2v) is 7.12. The third kappa shape index (κ3) is 6.06. The molecule has 0 aliphatic carbocycles. The molecule has 7 heteroatoms. The molecule has 26 heavy (non-hydrogen) atoms. The third-order valence-corrected chi connectivity index (χ3v) is 3.77. The molecular formula is C19H26N2O5. The third-order valence-electron chi connectivity index (χ3n) is 3.77. The number of carbonyl (C=O) groups is 3. The molecule has 0 bridgehead atoms. The van der Waals surface area contributed by atoms with E-state index in [2.05, 4.69) is 5.32 Å². The summed E-state index contributed by atoms with van der Waals surface area (Å²) < 4.78 is 10.1. The topological polar surface area (TPSA) is 84.9 Å². The van der Waals surface area contributed by atoms with E-state index in [9.17, 15) is 14.4 Å². The van der Waals surface area contributed by atoms with E-state index < -0.39 is 17.7 Å². The van der Waals surface area contributed by atoms with Gasteiger partial charge in [-0.25, -0.2) is 4.79 Å². The minimum Gasteiger partial charge on any atom is -0.456 e. The number of nitrogens with zero attached hydrogens (tertiary/aromatic N) is 1. The number of fused-ring (bicyclic) bond motifs is 1. The Bertz CT molecular complexity index is 666. The Morgan fingerprint density at radius 1 is 1.19 bits per heavy atom. The lowest BCUT2D eigenvalue weighted by Gasteiger charge is -2.19. The van der Waals surface area contributed by atoms with Gasteiger partial charge in [-0.15, -0.1) is 0 Å². The molecule has 142 valence electrons. The quantitative estimate of drug-likeness (QED) is 0.620. The molecule has 0 aromatic heterocycles. The van der Waals surface area contributed by atoms with Crippen molar-refractivity contribution < 1.29 is 23.9 Å². The van der Waals surface area contributed by atoms with Gasteiger partial charge in [0.05, 0.1) is 0 Å². The lowest BCUT2D eigenvalue weighted by Crippen LogP contribution is -2.34. The van der Waals surface area contributed by atoms with E-state index in [1.807, 2.05) is 24.3 Å². The van der Waals surface area contributed by atoms with E-state index in [0.29, 0.717) is 19.5 Å². The summed E-state index contributed by atoms with van der Waals surface area (Å²) >= 11 is 0. The number of anilines is 1. The van der Waals surface area contributed by atoms with Crippen LogP contribution in [-0.2, 0) is 25.5 Å². The highest BCUT2D eigenvalue weighted by molar-refractivity contribution is 5.97. The van der Waals surface area contributed by atoms with Crippen LogP contribution in [0.3, 0.4) is 0 Å². The van der Waals surface area contributed by atoms with Gasteiger partial charge in [0.25, 0.3) is 5.91 Å². The lowest BCUT2D eigenvalue weighted by atomic mass is 10.2. The van der Waals surface area contributed by atoms with Crippen molar-refractivity contribution in [3.05, 3.63) is 29.8 Å². The number of benzene rings is 1. The zero-order chi connectivity index (χ0) is 19.2. The van der Waals surface area contributed by atoms with Crippen molar-refractivity contribution in [1.82, 2.24) is 5.32 Å². The first kappa shape index (κ1) is 19.8. The van der Waals surface area contributed by atoms with Crippen LogP contribution in [0.1, 0.15) is 39.2 Å². The maximum absolute atomic E-state index is 12.2. The molecule has 2 rings (SSSR count). The number of esters is 1. The molecule has 0 unspecified atom stereocenters. The van der Waals surface area contributed by atoms with Gasteiger partial charge >= 0.3 is 12.1 Å². The molecule has 1 aromatic rings. The number of carbonyl (C=O) groups excluding carboxylic acids is 3. The normalized spacial score (nSPS) is 13.1. The van der Waals surface area contributed by atoms with Gasteiger partial charge in [-0.3, -0.25) is 9.59 Å². The predicted molar refractivity (Wildman–Crippen MR) is 96.9 cm³/mol. The van der Waals surface area contributed by atoms with Gasteiger partial charge in [-0.1, -0.05) is 18.2 Å². The molecule has 1 aliphatic rings. The molecule has 0 atom stereocenters. The minimum absolute atomic E-state index is 0.125. The Morgan fingerprint density at radius 2 is 1.92 bits per heavy atom. The van der Waals surface area contributed by atoms with Gasteiger partial charge in [0.2, 0.25) is 0 Å². The highest BCUT2D eigenvalue weighted by Gasteiger charge is 2.24. The molecule has 2 amide bonds. The minimum atomic E-state index is -0.558. The molecule has 0 radical (unpaired) electrons. The maximum Gasteiger partial charge on any atom is 0.407 e. The summed E-state index contributed by atoms with van der Waals surface area (Å²) in [6, 6.07) is 7.71. The summed E-state index contributed by atoms with van der Waals surface area (Å²) in [5.74, 6) is -0.688. The fourth-order valence-electron chi connectivity index (χ4n) is 2.63. The van der Waals surface area contributed by atoms with Gasteiger partial charge in [-0.05, 0) is 45.2 Å². The van der Waals surface area contributed by atoms with Gasteiger partial charge in [-0.2, -0.15) is 0 Å². The van der Waals surface area contributed by atoms with Crippen molar-refractivity contribution >= 4 is 23.7 Å². The van der Waals surface area contributed by atoms with Gasteiger partial charge < -0.3 is 19.7 Å². The summed E-state index contributed by atoms with van der Waals surface area (Å²) in [5, 5.41) is 2.57. The van der Waals surface area contributed by atoms with Crippen molar-refractivity contribution in [2.75, 3.05) is 24.6 Å². The monoisotopic (exact) mass is 362 g/mol. The van der Waals surface area contributed by atoms with Crippen molar-refractivity contribution in [2.24, 2.45) is 0 Å². The predicted octanol–water partition coefficient (Wildman–Crippen LogP) is 2.42. The Hall–Kier alpha value is -2.57. The first-order valence-corrected chi connectivity index (χ1v) is 8.77. The molecule has 1 aromatic carbocycles. The molecule has 0 saturated heterocycles. The smallest absolute Gasteiger partial charge is 0.407 e. The van der Waals surface area contributed by atoms with Crippen LogP contribution < -0.4 is 10.2 Å². The number of para-hydroxylation sites is 1. The Kier molecular flexibility index (Phi) is 6.60. The Morgan fingerprint density at radius 3 is 2.65 bits per heavy atom. The van der Waals surface area contributed by atoms with Crippen LogP contribution in [0.2, 0.25) is 0 Å². The van der Waals surface area contributed by atoms with E-state index in [1.54, 1.807) is 25.7 Å². The second-order valence-electron chi connectivity index (χ2n) is 7.12. The van der Waals surface area contributed by atoms with Crippen LogP contribution in [0.25, 0.3) is 0 Å². The number of nitrogens with one attached hydrogen (secondary N) is 1. The average Bonchev–Trinajstić information content (AvgIpc) is 2.99. The van der Waals surface area contributed by atoms with Crippen LogP contribution in [0, 0.1) is 0 Å². The number of hydrogen-bond acceptors (Lipinski definition) is 5. The SMILES string of the molecule is CC(C)(C)OC(=O)NCCCC(=O)OCC(=O)N1CCc2ccccc21. The molecule has 0 saturated carbocycles. The van der Waals surface area contributed by atoms with E-state index in [4.69, 9.17) is 9.47 Å². The molecule has 0 fully saturated rings. The van der Waals surface area contributed by atoms with E-state index >= 15 is 0 Å². The number of ether oxygens (including phenoxy) is 2. The molecule has 0 spiro atoms. The summed E-state index contributed by atoms with van der Waals surface area (Å²) in [6.45, 7) is 5.97. The zero-order valence-corrected chi connectivity index (χ0v) is 15.5. The molecule has 7 nitrogen and oxygen atoms in total. The number of amides is 2. The van der Waals surface area contributed by atoms with Crippen molar-refractivity contribution in [3.63, 3.8) is 0 Å². The van der Waals surface area contributed by atoms with E-state index in [1.165, 1.54) is 0 Å². The molecule has 1 aliphatic heterocycles. The maximum atomic E-state index is 12.2. The van der Waals surface area contributed by atoms with Crippen LogP contribution >= 0.6 is 0 Å². The second kappa shape index (κ2) is 8.69. The summed E-state index contributed by atoms with van der Waals surface area (Å²) in [4.78, 5) is 37.1. The van der Waals surface area contributed by atoms with Crippen molar-refractivity contribution in [3.8, 4) is 0 Å². The summed E-state index contributed by atoms with van der Waals surface area (Å²) in [5.41, 5.74) is 1.45. The summed E-state index contributed by atoms with van der Waals surface area (Å²) in [7, 11) is 0. The first-order chi connectivity index (χ1) is 12.3. The lowest BCUT2D eigenvalue weighted by molar-refractivity contribution is -0.147. The van der Waals surface area contributed by atoms with Crippen molar-refractivity contribution in [2.45, 2.75) is 45.6 Å². The fourth-order valence-corrected chi connectivity index (χ4v) is 2.63. The number of alkyl carbamates (subject to hydrolysis) is 1. The first-order valence-electron chi connectivity index (χ1n) is 8.77. The van der Waals surface area contributed by atoms with E-state index in [-0.39, 0.29) is 18.9 Å². The highest BCUT2D eigenvalue weighted by Crippen LogP contribution is 2.27. The van der Waals surface area contributed by atoms with Crippen LogP contribution in [-0.4, -0.2) is 43.3 Å². The Labute approximate surface area is 153 Å². The Balaban J connectivity index is 1.63. The van der Waals surface area contributed by atoms with E-state index in [0.717, 1.165) is 17.7 Å². The van der Waals surface area contributed by atoms with Crippen LogP contribution in [0.15, 0.2) is 24.3 Å². The van der Waals surface area contributed by atoms with Gasteiger partial charge in [0.15, 0.2) is 6.61 Å². The van der Waals surface area contributed by atoms with Crippen LogP contribution in [0.5, 0.6) is 0 Å². The fraction of sp³-hybridized carbons (Fsp3) is 0.526. The average molecular weight is 362 g/mol. The number of rotatable bonds is 6. The molecular weight excluding hydrogens is 336 g/mol. The number of hydrogen-bond donors (Lipinski definition) is 1. The van der Waals surface area contributed by atoms with Crippen molar-refractivity contribution in [1.29, 1.82) is 0 Å². The van der Waals surface area contributed by atoms with Crippen LogP contribution in [0.4, 0.5) is 10.5 Å². The standard InChI is InChI=1S/C19H26N2O5/c1-19(2,3)26-18(24)20-11-6-9-17(23)25-13-16(22)21-12-10-14-7-4-5-8-15(14)21/h4-5,7-8H,6,9-13H2,1-3H3,(H,20,24). The molecule has 1 heterocycles. The highest BCUT2D eigenvalue weighted by atomic mass is 16.6.